The predicted molar refractivity (Wildman–Crippen MR) is 87.1 cm³/mol. The number of para-hydroxylation sites is 1. The number of nitrogens with zero attached hydrogens (tertiary/aromatic N) is 1. The van der Waals surface area contributed by atoms with Crippen molar-refractivity contribution in [1.29, 1.82) is 0 Å². The largest absolute Gasteiger partial charge is 0.328 e. The third-order valence-corrected chi connectivity index (χ3v) is 3.95. The molecule has 21 heavy (non-hydrogen) atoms. The van der Waals surface area contributed by atoms with Crippen LogP contribution in [0.25, 0.3) is 0 Å². The van der Waals surface area contributed by atoms with Crippen molar-refractivity contribution in [2.75, 3.05) is 18.4 Å². The summed E-state index contributed by atoms with van der Waals surface area (Å²) in [6.07, 6.45) is 4.85. The van der Waals surface area contributed by atoms with Crippen LogP contribution >= 0.6 is 0 Å². The molecule has 0 spiro atoms. The normalized spacial score (nSPS) is 16.9. The zero-order valence-corrected chi connectivity index (χ0v) is 13.0. The number of hydrogen-bond donors (Lipinski definition) is 2. The van der Waals surface area contributed by atoms with Crippen LogP contribution in [-0.4, -0.2) is 29.9 Å². The Morgan fingerprint density at radius 1 is 1.33 bits per heavy atom. The Balaban J connectivity index is 1.88. The Labute approximate surface area is 127 Å². The molecule has 0 aliphatic carbocycles. The van der Waals surface area contributed by atoms with Crippen molar-refractivity contribution in [3.8, 4) is 0 Å². The fourth-order valence-corrected chi connectivity index (χ4v) is 2.76. The van der Waals surface area contributed by atoms with Gasteiger partial charge in [-0.1, -0.05) is 18.2 Å². The maximum absolute atomic E-state index is 12.0. The molecule has 1 aliphatic rings. The van der Waals surface area contributed by atoms with Crippen LogP contribution in [-0.2, 0) is 11.3 Å². The Morgan fingerprint density at radius 3 is 2.76 bits per heavy atom. The molecule has 3 N–H and O–H groups in total. The predicted octanol–water partition coefficient (Wildman–Crippen LogP) is 2.74. The van der Waals surface area contributed by atoms with Crippen molar-refractivity contribution in [3.63, 3.8) is 0 Å². The SMILES string of the molecule is CC(N)CCCC(=O)Nc1ccccc1CN1CCCC1. The maximum Gasteiger partial charge on any atom is 0.224 e. The number of likely N-dealkylation sites (tertiary alicyclic amines) is 1. The Morgan fingerprint density at radius 2 is 2.05 bits per heavy atom. The van der Waals surface area contributed by atoms with E-state index < -0.39 is 0 Å². The van der Waals surface area contributed by atoms with Crippen molar-refractivity contribution in [2.24, 2.45) is 5.73 Å². The van der Waals surface area contributed by atoms with Gasteiger partial charge in [-0.3, -0.25) is 9.69 Å². The highest BCUT2D eigenvalue weighted by Gasteiger charge is 2.14. The molecule has 1 atom stereocenters. The Hall–Kier alpha value is -1.39. The highest BCUT2D eigenvalue weighted by Crippen LogP contribution is 2.20. The summed E-state index contributed by atoms with van der Waals surface area (Å²) < 4.78 is 0. The zero-order valence-electron chi connectivity index (χ0n) is 13.0. The van der Waals surface area contributed by atoms with Gasteiger partial charge in [-0.05, 0) is 57.3 Å². The maximum atomic E-state index is 12.0. The van der Waals surface area contributed by atoms with Crippen LogP contribution in [0.1, 0.15) is 44.6 Å². The number of carbonyl (C=O) groups is 1. The standard InChI is InChI=1S/C17H27N3O/c1-14(18)7-6-10-17(21)19-16-9-3-2-8-15(16)13-20-11-4-5-12-20/h2-3,8-9,14H,4-7,10-13,18H2,1H3,(H,19,21). The number of nitrogens with two attached hydrogens (primary N) is 1. The summed E-state index contributed by atoms with van der Waals surface area (Å²) in [5.74, 6) is 0.0875. The first-order chi connectivity index (χ1) is 10.1. The van der Waals surface area contributed by atoms with Crippen molar-refractivity contribution < 1.29 is 4.79 Å². The topological polar surface area (TPSA) is 58.4 Å². The van der Waals surface area contributed by atoms with E-state index in [-0.39, 0.29) is 11.9 Å². The minimum Gasteiger partial charge on any atom is -0.328 e. The van der Waals surface area contributed by atoms with Crippen LogP contribution in [0.4, 0.5) is 5.69 Å². The highest BCUT2D eigenvalue weighted by molar-refractivity contribution is 5.91. The fourth-order valence-electron chi connectivity index (χ4n) is 2.76. The van der Waals surface area contributed by atoms with Gasteiger partial charge in [-0.25, -0.2) is 0 Å². The number of anilines is 1. The summed E-state index contributed by atoms with van der Waals surface area (Å²) in [5, 5.41) is 3.05. The minimum atomic E-state index is 0.0875. The first-order valence-electron chi connectivity index (χ1n) is 8.01. The molecule has 0 radical (unpaired) electrons. The molecule has 1 fully saturated rings. The Bertz CT molecular complexity index is 453. The molecule has 1 aromatic carbocycles. The van der Waals surface area contributed by atoms with Crippen LogP contribution in [0.2, 0.25) is 0 Å². The summed E-state index contributed by atoms with van der Waals surface area (Å²) >= 11 is 0. The molecular weight excluding hydrogens is 262 g/mol. The van der Waals surface area contributed by atoms with Gasteiger partial charge in [0.2, 0.25) is 5.91 Å². The summed E-state index contributed by atoms with van der Waals surface area (Å²) in [6.45, 7) is 5.23. The minimum absolute atomic E-state index is 0.0875. The second-order valence-electron chi connectivity index (χ2n) is 6.06. The Kier molecular flexibility index (Phi) is 6.21. The van der Waals surface area contributed by atoms with Gasteiger partial charge in [0.15, 0.2) is 0 Å². The van der Waals surface area contributed by atoms with Crippen molar-refractivity contribution in [2.45, 2.75) is 51.6 Å². The number of benzene rings is 1. The number of carbonyl (C=O) groups excluding carboxylic acids is 1. The smallest absolute Gasteiger partial charge is 0.224 e. The molecule has 1 unspecified atom stereocenters. The first kappa shape index (κ1) is 16.0. The van der Waals surface area contributed by atoms with Gasteiger partial charge in [-0.2, -0.15) is 0 Å². The third kappa shape index (κ3) is 5.48. The highest BCUT2D eigenvalue weighted by atomic mass is 16.1. The second kappa shape index (κ2) is 8.15. The van der Waals surface area contributed by atoms with Gasteiger partial charge in [0.25, 0.3) is 0 Å². The summed E-state index contributed by atoms with van der Waals surface area (Å²) in [4.78, 5) is 14.5. The van der Waals surface area contributed by atoms with Gasteiger partial charge in [0.05, 0.1) is 0 Å². The number of nitrogens with one attached hydrogen (secondary N) is 1. The first-order valence-corrected chi connectivity index (χ1v) is 8.01. The molecule has 1 heterocycles. The molecule has 1 saturated heterocycles. The van der Waals surface area contributed by atoms with Gasteiger partial charge in [0, 0.05) is 24.7 Å². The van der Waals surface area contributed by atoms with Crippen molar-refractivity contribution in [3.05, 3.63) is 29.8 Å². The van der Waals surface area contributed by atoms with Crippen LogP contribution in [0.3, 0.4) is 0 Å². The lowest BCUT2D eigenvalue weighted by Crippen LogP contribution is -2.21. The van der Waals surface area contributed by atoms with E-state index in [4.69, 9.17) is 5.73 Å². The fraction of sp³-hybridized carbons (Fsp3) is 0.588. The monoisotopic (exact) mass is 289 g/mol. The summed E-state index contributed by atoms with van der Waals surface area (Å²) in [6, 6.07) is 8.28. The quantitative estimate of drug-likeness (QED) is 0.811. The average Bonchev–Trinajstić information content (AvgIpc) is 2.93. The molecule has 1 amide bonds. The van der Waals surface area contributed by atoms with Gasteiger partial charge >= 0.3 is 0 Å². The van der Waals surface area contributed by atoms with Crippen LogP contribution in [0.15, 0.2) is 24.3 Å². The van der Waals surface area contributed by atoms with E-state index >= 15 is 0 Å². The molecule has 1 aliphatic heterocycles. The molecule has 0 saturated carbocycles. The van der Waals surface area contributed by atoms with E-state index in [0.717, 1.165) is 38.2 Å². The molecule has 0 aromatic heterocycles. The lowest BCUT2D eigenvalue weighted by Gasteiger charge is -2.18. The lowest BCUT2D eigenvalue weighted by atomic mass is 10.1. The molecular formula is C17H27N3O. The van der Waals surface area contributed by atoms with E-state index in [1.54, 1.807) is 0 Å². The number of hydrogen-bond acceptors (Lipinski definition) is 3. The van der Waals surface area contributed by atoms with Crippen LogP contribution in [0, 0.1) is 0 Å². The van der Waals surface area contributed by atoms with Gasteiger partial charge in [-0.15, -0.1) is 0 Å². The van der Waals surface area contributed by atoms with Crippen molar-refractivity contribution >= 4 is 11.6 Å². The number of amides is 1. The molecule has 2 rings (SSSR count). The van der Waals surface area contributed by atoms with E-state index in [2.05, 4.69) is 16.3 Å². The molecule has 1 aromatic rings. The molecule has 116 valence electrons. The van der Waals surface area contributed by atoms with E-state index in [1.165, 1.54) is 18.4 Å². The zero-order chi connectivity index (χ0) is 15.1. The molecule has 0 bridgehead atoms. The second-order valence-corrected chi connectivity index (χ2v) is 6.06. The average molecular weight is 289 g/mol. The molecule has 4 nitrogen and oxygen atoms in total. The van der Waals surface area contributed by atoms with Crippen LogP contribution < -0.4 is 11.1 Å². The van der Waals surface area contributed by atoms with E-state index in [0.29, 0.717) is 6.42 Å². The van der Waals surface area contributed by atoms with Crippen molar-refractivity contribution in [1.82, 2.24) is 4.90 Å². The third-order valence-electron chi connectivity index (χ3n) is 3.95. The summed E-state index contributed by atoms with van der Waals surface area (Å²) in [5.41, 5.74) is 7.87. The van der Waals surface area contributed by atoms with Crippen LogP contribution in [0.5, 0.6) is 0 Å². The van der Waals surface area contributed by atoms with E-state index in [1.807, 2.05) is 25.1 Å². The van der Waals surface area contributed by atoms with Gasteiger partial charge in [0.1, 0.15) is 0 Å². The summed E-state index contributed by atoms with van der Waals surface area (Å²) in [7, 11) is 0. The lowest BCUT2D eigenvalue weighted by molar-refractivity contribution is -0.116. The van der Waals surface area contributed by atoms with Gasteiger partial charge < -0.3 is 11.1 Å². The number of rotatable bonds is 7. The molecule has 4 heteroatoms. The van der Waals surface area contributed by atoms with E-state index in [9.17, 15) is 4.79 Å².